The average Bonchev–Trinajstić information content (AvgIpc) is 3.13. The summed E-state index contributed by atoms with van der Waals surface area (Å²) in [5, 5.41) is 2.92. The van der Waals surface area contributed by atoms with Crippen LogP contribution in [0.4, 0.5) is 11.4 Å². The summed E-state index contributed by atoms with van der Waals surface area (Å²) < 4.78 is 30.1. The number of benzene rings is 2. The van der Waals surface area contributed by atoms with Crippen molar-refractivity contribution in [3.63, 3.8) is 0 Å². The van der Waals surface area contributed by atoms with Gasteiger partial charge in [-0.1, -0.05) is 18.2 Å². The molecule has 7 nitrogen and oxygen atoms in total. The maximum absolute atomic E-state index is 12.3. The zero-order valence-electron chi connectivity index (χ0n) is 17.7. The normalized spacial score (nSPS) is 14.2. The Morgan fingerprint density at radius 3 is 2.60 bits per heavy atom. The molecule has 30 heavy (non-hydrogen) atoms. The van der Waals surface area contributed by atoms with E-state index in [1.165, 1.54) is 22.6 Å². The summed E-state index contributed by atoms with van der Waals surface area (Å²) in [6.07, 6.45) is 2.44. The van der Waals surface area contributed by atoms with Crippen molar-refractivity contribution in [2.45, 2.75) is 25.9 Å². The van der Waals surface area contributed by atoms with Crippen LogP contribution in [0.5, 0.6) is 5.75 Å². The van der Waals surface area contributed by atoms with E-state index in [0.717, 1.165) is 32.2 Å². The van der Waals surface area contributed by atoms with E-state index in [1.807, 2.05) is 0 Å². The van der Waals surface area contributed by atoms with E-state index in [-0.39, 0.29) is 5.91 Å². The van der Waals surface area contributed by atoms with Crippen LogP contribution in [0, 0.1) is 0 Å². The molecule has 1 heterocycles. The van der Waals surface area contributed by atoms with Crippen LogP contribution in [0.15, 0.2) is 48.5 Å². The summed E-state index contributed by atoms with van der Waals surface area (Å²) >= 11 is 0. The van der Waals surface area contributed by atoms with Crippen LogP contribution in [-0.2, 0) is 21.2 Å². The van der Waals surface area contributed by atoms with E-state index < -0.39 is 16.1 Å². The number of nitrogens with zero attached hydrogens (tertiary/aromatic N) is 2. The van der Waals surface area contributed by atoms with Crippen molar-refractivity contribution in [3.05, 3.63) is 54.1 Å². The van der Waals surface area contributed by atoms with Gasteiger partial charge in [-0.3, -0.25) is 9.10 Å². The number of carbonyl (C=O) groups is 1. The van der Waals surface area contributed by atoms with Crippen LogP contribution in [0.1, 0.15) is 18.9 Å². The third kappa shape index (κ3) is 5.44. The minimum atomic E-state index is -3.32. The predicted octanol–water partition coefficient (Wildman–Crippen LogP) is 2.42. The third-order valence-corrected chi connectivity index (χ3v) is 6.47. The first-order valence-electron chi connectivity index (χ1n) is 10.1. The third-order valence-electron chi connectivity index (χ3n) is 5.27. The molecule has 0 aliphatic carbocycles. The first kappa shape index (κ1) is 22.0. The number of carbonyl (C=O) groups excluding carboxylic acids is 1. The SMILES string of the molecule is C[C@H](Oc1ccc(N(C)S(C)(=O)=O)cc1)C(=O)NCCCN1CCc2ccccc21. The van der Waals surface area contributed by atoms with E-state index in [9.17, 15) is 13.2 Å². The van der Waals surface area contributed by atoms with Crippen molar-refractivity contribution >= 4 is 27.3 Å². The fourth-order valence-corrected chi connectivity index (χ4v) is 3.95. The Kier molecular flexibility index (Phi) is 6.87. The molecule has 3 rings (SSSR count). The van der Waals surface area contributed by atoms with Gasteiger partial charge in [0.05, 0.1) is 11.9 Å². The second-order valence-corrected chi connectivity index (χ2v) is 9.51. The molecule has 8 heteroatoms. The quantitative estimate of drug-likeness (QED) is 0.617. The number of para-hydroxylation sites is 1. The van der Waals surface area contributed by atoms with E-state index in [2.05, 4.69) is 34.5 Å². The molecule has 2 aromatic carbocycles. The maximum Gasteiger partial charge on any atom is 0.260 e. The summed E-state index contributed by atoms with van der Waals surface area (Å²) in [4.78, 5) is 14.7. The Hall–Kier alpha value is -2.74. The van der Waals surface area contributed by atoms with Crippen LogP contribution in [0.25, 0.3) is 0 Å². The number of sulfonamides is 1. The Labute approximate surface area is 178 Å². The average molecular weight is 432 g/mol. The standard InChI is InChI=1S/C22H29N3O4S/c1-17(29-20-11-9-19(10-12-20)24(2)30(3,27)28)22(26)23-14-6-15-25-16-13-18-7-4-5-8-21(18)25/h4-5,7-12,17H,6,13-16H2,1-3H3,(H,23,26)/t17-/m0/s1. The molecular weight excluding hydrogens is 402 g/mol. The molecule has 1 amide bonds. The van der Waals surface area contributed by atoms with Gasteiger partial charge in [-0.2, -0.15) is 0 Å². The fraction of sp³-hybridized carbons (Fsp3) is 0.409. The smallest absolute Gasteiger partial charge is 0.260 e. The molecular formula is C22H29N3O4S. The summed E-state index contributed by atoms with van der Waals surface area (Å²) in [7, 11) is -1.83. The molecule has 1 aliphatic rings. The molecule has 2 aromatic rings. The molecule has 1 aliphatic heterocycles. The molecule has 0 fully saturated rings. The zero-order valence-corrected chi connectivity index (χ0v) is 18.5. The highest BCUT2D eigenvalue weighted by Gasteiger charge is 2.18. The maximum atomic E-state index is 12.3. The highest BCUT2D eigenvalue weighted by molar-refractivity contribution is 7.92. The van der Waals surface area contributed by atoms with Crippen molar-refractivity contribution < 1.29 is 17.9 Å². The Morgan fingerprint density at radius 1 is 1.20 bits per heavy atom. The lowest BCUT2D eigenvalue weighted by molar-refractivity contribution is -0.127. The van der Waals surface area contributed by atoms with Gasteiger partial charge in [-0.15, -0.1) is 0 Å². The molecule has 0 bridgehead atoms. The van der Waals surface area contributed by atoms with Crippen LogP contribution in [0.2, 0.25) is 0 Å². The van der Waals surface area contributed by atoms with Gasteiger partial charge in [0, 0.05) is 32.4 Å². The molecule has 0 aromatic heterocycles. The highest BCUT2D eigenvalue weighted by atomic mass is 32.2. The molecule has 0 saturated carbocycles. The number of nitrogens with one attached hydrogen (secondary N) is 1. The molecule has 0 saturated heterocycles. The van der Waals surface area contributed by atoms with Gasteiger partial charge in [-0.25, -0.2) is 8.42 Å². The Bertz CT molecular complexity index is 976. The van der Waals surface area contributed by atoms with Crippen molar-refractivity contribution in [2.75, 3.05) is 42.1 Å². The Balaban J connectivity index is 1.42. The number of rotatable bonds is 9. The van der Waals surface area contributed by atoms with E-state index in [0.29, 0.717) is 18.0 Å². The van der Waals surface area contributed by atoms with Crippen LogP contribution >= 0.6 is 0 Å². The molecule has 0 unspecified atom stereocenters. The molecule has 0 radical (unpaired) electrons. The number of ether oxygens (including phenoxy) is 1. The molecule has 1 atom stereocenters. The summed E-state index contributed by atoms with van der Waals surface area (Å²) in [6.45, 7) is 4.21. The van der Waals surface area contributed by atoms with Gasteiger partial charge in [-0.05, 0) is 55.7 Å². The number of hydrogen-bond acceptors (Lipinski definition) is 5. The van der Waals surface area contributed by atoms with Gasteiger partial charge < -0.3 is 15.0 Å². The number of anilines is 2. The minimum absolute atomic E-state index is 0.172. The van der Waals surface area contributed by atoms with E-state index >= 15 is 0 Å². The van der Waals surface area contributed by atoms with Gasteiger partial charge in [0.25, 0.3) is 5.91 Å². The van der Waals surface area contributed by atoms with Crippen LogP contribution in [0.3, 0.4) is 0 Å². The second-order valence-electron chi connectivity index (χ2n) is 7.49. The van der Waals surface area contributed by atoms with Crippen molar-refractivity contribution in [2.24, 2.45) is 0 Å². The van der Waals surface area contributed by atoms with Crippen molar-refractivity contribution in [3.8, 4) is 5.75 Å². The second kappa shape index (κ2) is 9.38. The summed E-state index contributed by atoms with van der Waals surface area (Å²) in [6, 6.07) is 15.1. The number of hydrogen-bond donors (Lipinski definition) is 1. The molecule has 162 valence electrons. The van der Waals surface area contributed by atoms with Crippen molar-refractivity contribution in [1.82, 2.24) is 5.32 Å². The lowest BCUT2D eigenvalue weighted by Gasteiger charge is -2.20. The lowest BCUT2D eigenvalue weighted by atomic mass is 10.2. The number of amides is 1. The predicted molar refractivity (Wildman–Crippen MR) is 120 cm³/mol. The van der Waals surface area contributed by atoms with Gasteiger partial charge in [0.2, 0.25) is 10.0 Å². The van der Waals surface area contributed by atoms with Gasteiger partial charge in [0.15, 0.2) is 6.10 Å². The monoisotopic (exact) mass is 431 g/mol. The van der Waals surface area contributed by atoms with Crippen LogP contribution < -0.4 is 19.3 Å². The van der Waals surface area contributed by atoms with Crippen LogP contribution in [-0.4, -0.2) is 53.4 Å². The van der Waals surface area contributed by atoms with E-state index in [1.54, 1.807) is 31.2 Å². The minimum Gasteiger partial charge on any atom is -0.481 e. The topological polar surface area (TPSA) is 78.9 Å². The first-order chi connectivity index (χ1) is 14.3. The first-order valence-corrected chi connectivity index (χ1v) is 11.9. The Morgan fingerprint density at radius 2 is 1.90 bits per heavy atom. The largest absolute Gasteiger partial charge is 0.481 e. The molecule has 0 spiro atoms. The number of fused-ring (bicyclic) bond motifs is 1. The fourth-order valence-electron chi connectivity index (χ4n) is 3.45. The van der Waals surface area contributed by atoms with Gasteiger partial charge in [0.1, 0.15) is 5.75 Å². The molecule has 1 N–H and O–H groups in total. The lowest BCUT2D eigenvalue weighted by Crippen LogP contribution is -2.37. The van der Waals surface area contributed by atoms with E-state index in [4.69, 9.17) is 4.74 Å². The summed E-state index contributed by atoms with van der Waals surface area (Å²) in [5.41, 5.74) is 3.22. The van der Waals surface area contributed by atoms with Crippen molar-refractivity contribution in [1.29, 1.82) is 0 Å². The summed E-state index contributed by atoms with van der Waals surface area (Å²) in [5.74, 6) is 0.339. The zero-order chi connectivity index (χ0) is 21.7. The van der Waals surface area contributed by atoms with Gasteiger partial charge >= 0.3 is 0 Å². The highest BCUT2D eigenvalue weighted by Crippen LogP contribution is 2.27.